The SMILES string of the molecule is O=C(c1onc2ncccc12)N1CCC(Cc2ccc(Cl)cc2)C1. The van der Waals surface area contributed by atoms with Crippen LogP contribution in [0.1, 0.15) is 22.5 Å². The zero-order valence-electron chi connectivity index (χ0n) is 13.0. The van der Waals surface area contributed by atoms with Crippen molar-refractivity contribution in [3.05, 3.63) is 58.9 Å². The van der Waals surface area contributed by atoms with E-state index in [0.717, 1.165) is 31.0 Å². The normalized spacial score (nSPS) is 17.5. The molecule has 0 radical (unpaired) electrons. The molecule has 6 heteroatoms. The molecule has 3 heterocycles. The van der Waals surface area contributed by atoms with E-state index in [2.05, 4.69) is 10.1 Å². The molecule has 1 saturated heterocycles. The van der Waals surface area contributed by atoms with Gasteiger partial charge in [-0.3, -0.25) is 4.79 Å². The predicted molar refractivity (Wildman–Crippen MR) is 91.0 cm³/mol. The Hall–Kier alpha value is -2.40. The van der Waals surface area contributed by atoms with E-state index in [4.69, 9.17) is 16.1 Å². The van der Waals surface area contributed by atoms with Crippen molar-refractivity contribution in [1.29, 1.82) is 0 Å². The van der Waals surface area contributed by atoms with Crippen LogP contribution in [0.2, 0.25) is 5.02 Å². The molecule has 0 N–H and O–H groups in total. The van der Waals surface area contributed by atoms with Crippen molar-refractivity contribution in [3.8, 4) is 0 Å². The number of aromatic nitrogens is 2. The van der Waals surface area contributed by atoms with Gasteiger partial charge in [0.15, 0.2) is 0 Å². The molecule has 0 saturated carbocycles. The Bertz CT molecular complexity index is 875. The van der Waals surface area contributed by atoms with Crippen LogP contribution in [-0.4, -0.2) is 34.0 Å². The van der Waals surface area contributed by atoms with Gasteiger partial charge < -0.3 is 9.42 Å². The summed E-state index contributed by atoms with van der Waals surface area (Å²) in [4.78, 5) is 18.7. The van der Waals surface area contributed by atoms with Crippen molar-refractivity contribution in [3.63, 3.8) is 0 Å². The summed E-state index contributed by atoms with van der Waals surface area (Å²) in [5.74, 6) is 0.622. The molecule has 0 spiro atoms. The molecule has 1 aromatic carbocycles. The number of benzene rings is 1. The number of carbonyl (C=O) groups is 1. The van der Waals surface area contributed by atoms with Crippen LogP contribution < -0.4 is 0 Å². The standard InChI is InChI=1S/C18H16ClN3O2/c19-14-5-3-12(4-6-14)10-13-7-9-22(11-13)18(23)16-15-2-1-8-20-17(15)21-24-16/h1-6,8,13H,7,9-11H2. The first-order valence-corrected chi connectivity index (χ1v) is 8.32. The van der Waals surface area contributed by atoms with E-state index < -0.39 is 0 Å². The summed E-state index contributed by atoms with van der Waals surface area (Å²) in [6.45, 7) is 1.46. The van der Waals surface area contributed by atoms with E-state index in [-0.39, 0.29) is 11.7 Å². The van der Waals surface area contributed by atoms with Crippen LogP contribution in [0.25, 0.3) is 11.0 Å². The van der Waals surface area contributed by atoms with Crippen molar-refractivity contribution in [2.45, 2.75) is 12.8 Å². The van der Waals surface area contributed by atoms with Crippen LogP contribution in [0.3, 0.4) is 0 Å². The number of nitrogens with zero attached hydrogens (tertiary/aromatic N) is 3. The highest BCUT2D eigenvalue weighted by Crippen LogP contribution is 2.25. The minimum Gasteiger partial charge on any atom is -0.348 e. The smallest absolute Gasteiger partial charge is 0.293 e. The number of pyridine rings is 1. The molecule has 1 aliphatic heterocycles. The monoisotopic (exact) mass is 341 g/mol. The fraction of sp³-hybridized carbons (Fsp3) is 0.278. The van der Waals surface area contributed by atoms with Crippen LogP contribution in [0.15, 0.2) is 47.1 Å². The van der Waals surface area contributed by atoms with E-state index >= 15 is 0 Å². The molecule has 4 rings (SSSR count). The molecule has 24 heavy (non-hydrogen) atoms. The average molecular weight is 342 g/mol. The van der Waals surface area contributed by atoms with Crippen LogP contribution >= 0.6 is 11.6 Å². The third-order valence-electron chi connectivity index (χ3n) is 4.46. The second kappa shape index (κ2) is 6.24. The minimum absolute atomic E-state index is 0.107. The molecule has 1 unspecified atom stereocenters. The number of hydrogen-bond acceptors (Lipinski definition) is 4. The van der Waals surface area contributed by atoms with Gasteiger partial charge in [0, 0.05) is 24.3 Å². The van der Waals surface area contributed by atoms with Gasteiger partial charge in [0.1, 0.15) is 0 Å². The summed E-state index contributed by atoms with van der Waals surface area (Å²) in [7, 11) is 0. The highest BCUT2D eigenvalue weighted by atomic mass is 35.5. The van der Waals surface area contributed by atoms with Crippen molar-refractivity contribution in [2.75, 3.05) is 13.1 Å². The van der Waals surface area contributed by atoms with Gasteiger partial charge in [-0.05, 0) is 48.6 Å². The quantitative estimate of drug-likeness (QED) is 0.730. The predicted octanol–water partition coefficient (Wildman–Crippen LogP) is 3.58. The fourth-order valence-electron chi connectivity index (χ4n) is 3.22. The maximum Gasteiger partial charge on any atom is 0.293 e. The summed E-state index contributed by atoms with van der Waals surface area (Å²) in [5, 5.41) is 5.27. The average Bonchev–Trinajstić information content (AvgIpc) is 3.23. The van der Waals surface area contributed by atoms with Crippen LogP contribution in [-0.2, 0) is 6.42 Å². The molecule has 1 fully saturated rings. The van der Waals surface area contributed by atoms with Gasteiger partial charge in [-0.15, -0.1) is 0 Å². The summed E-state index contributed by atoms with van der Waals surface area (Å²) in [6.07, 6.45) is 3.56. The topological polar surface area (TPSA) is 59.2 Å². The molecule has 5 nitrogen and oxygen atoms in total. The van der Waals surface area contributed by atoms with Crippen LogP contribution in [0.5, 0.6) is 0 Å². The highest BCUT2D eigenvalue weighted by molar-refractivity contribution is 6.30. The van der Waals surface area contributed by atoms with Crippen molar-refractivity contribution in [2.24, 2.45) is 5.92 Å². The lowest BCUT2D eigenvalue weighted by Gasteiger charge is -2.15. The molecule has 0 bridgehead atoms. The summed E-state index contributed by atoms with van der Waals surface area (Å²) in [6, 6.07) is 11.5. The third-order valence-corrected chi connectivity index (χ3v) is 4.71. The number of fused-ring (bicyclic) bond motifs is 1. The fourth-order valence-corrected chi connectivity index (χ4v) is 3.35. The van der Waals surface area contributed by atoms with Gasteiger partial charge in [0.05, 0.1) is 5.39 Å². The molecule has 3 aromatic rings. The second-order valence-electron chi connectivity index (χ2n) is 6.12. The lowest BCUT2D eigenvalue weighted by Crippen LogP contribution is -2.28. The van der Waals surface area contributed by atoms with Gasteiger partial charge in [0.25, 0.3) is 5.91 Å². The Morgan fingerprint density at radius 2 is 2.12 bits per heavy atom. The molecular weight excluding hydrogens is 326 g/mol. The molecule has 122 valence electrons. The van der Waals surface area contributed by atoms with Gasteiger partial charge in [-0.1, -0.05) is 28.9 Å². The van der Waals surface area contributed by atoms with Crippen molar-refractivity contribution in [1.82, 2.24) is 15.0 Å². The molecule has 1 atom stereocenters. The molecular formula is C18H16ClN3O2. The lowest BCUT2D eigenvalue weighted by atomic mass is 9.99. The summed E-state index contributed by atoms with van der Waals surface area (Å²) in [5.41, 5.74) is 1.71. The number of carbonyl (C=O) groups excluding carboxylic acids is 1. The number of hydrogen-bond donors (Lipinski definition) is 0. The van der Waals surface area contributed by atoms with Crippen molar-refractivity contribution >= 4 is 28.5 Å². The highest BCUT2D eigenvalue weighted by Gasteiger charge is 2.30. The maximum atomic E-state index is 12.7. The molecule has 2 aromatic heterocycles. The molecule has 1 amide bonds. The van der Waals surface area contributed by atoms with Crippen molar-refractivity contribution < 1.29 is 9.32 Å². The Balaban J connectivity index is 1.46. The Labute approximate surface area is 144 Å². The molecule has 0 aliphatic carbocycles. The first-order valence-electron chi connectivity index (χ1n) is 7.95. The third kappa shape index (κ3) is 2.87. The first kappa shape index (κ1) is 15.1. The van der Waals surface area contributed by atoms with E-state index in [9.17, 15) is 4.79 Å². The van der Waals surface area contributed by atoms with E-state index in [1.807, 2.05) is 35.2 Å². The summed E-state index contributed by atoms with van der Waals surface area (Å²) >= 11 is 5.92. The maximum absolute atomic E-state index is 12.7. The number of amides is 1. The van der Waals surface area contributed by atoms with Crippen LogP contribution in [0, 0.1) is 5.92 Å². The van der Waals surface area contributed by atoms with Gasteiger partial charge in [-0.2, -0.15) is 0 Å². The van der Waals surface area contributed by atoms with E-state index in [1.54, 1.807) is 12.3 Å². The van der Waals surface area contributed by atoms with Gasteiger partial charge in [0.2, 0.25) is 11.4 Å². The summed E-state index contributed by atoms with van der Waals surface area (Å²) < 4.78 is 5.24. The Morgan fingerprint density at radius 3 is 2.96 bits per heavy atom. The number of halogens is 1. The second-order valence-corrected chi connectivity index (χ2v) is 6.56. The van der Waals surface area contributed by atoms with E-state index in [0.29, 0.717) is 17.0 Å². The first-order chi connectivity index (χ1) is 11.7. The zero-order valence-corrected chi connectivity index (χ0v) is 13.7. The van der Waals surface area contributed by atoms with Gasteiger partial charge >= 0.3 is 0 Å². The van der Waals surface area contributed by atoms with Crippen LogP contribution in [0.4, 0.5) is 0 Å². The lowest BCUT2D eigenvalue weighted by molar-refractivity contribution is 0.0748. The Morgan fingerprint density at radius 1 is 1.29 bits per heavy atom. The largest absolute Gasteiger partial charge is 0.348 e. The zero-order chi connectivity index (χ0) is 16.5. The number of likely N-dealkylation sites (tertiary alicyclic amines) is 1. The van der Waals surface area contributed by atoms with Gasteiger partial charge in [-0.25, -0.2) is 4.98 Å². The number of rotatable bonds is 3. The Kier molecular flexibility index (Phi) is 3.94. The van der Waals surface area contributed by atoms with E-state index in [1.165, 1.54) is 5.56 Å². The minimum atomic E-state index is -0.107. The molecule has 1 aliphatic rings.